The predicted molar refractivity (Wildman–Crippen MR) is 96.9 cm³/mol. The van der Waals surface area contributed by atoms with Crippen molar-refractivity contribution in [1.82, 2.24) is 24.7 Å². The molecule has 1 aromatic carbocycles. The van der Waals surface area contributed by atoms with Gasteiger partial charge in [-0.1, -0.05) is 30.3 Å². The van der Waals surface area contributed by atoms with Crippen molar-refractivity contribution in [3.63, 3.8) is 0 Å². The molecule has 0 N–H and O–H groups in total. The van der Waals surface area contributed by atoms with E-state index in [2.05, 4.69) is 25.1 Å². The summed E-state index contributed by atoms with van der Waals surface area (Å²) >= 11 is 0. The first kappa shape index (κ1) is 15.3. The molecule has 5 heterocycles. The summed E-state index contributed by atoms with van der Waals surface area (Å²) in [6.07, 6.45) is 2.69. The lowest BCUT2D eigenvalue weighted by molar-refractivity contribution is -0.147. The van der Waals surface area contributed by atoms with Crippen LogP contribution >= 0.6 is 0 Å². The molecule has 0 saturated carbocycles. The van der Waals surface area contributed by atoms with E-state index < -0.39 is 0 Å². The molecule has 0 aliphatic carbocycles. The molecule has 3 atom stereocenters. The van der Waals surface area contributed by atoms with Crippen LogP contribution in [0.15, 0.2) is 48.8 Å². The summed E-state index contributed by atoms with van der Waals surface area (Å²) in [6, 6.07) is 14.5. The third kappa shape index (κ3) is 2.34. The van der Waals surface area contributed by atoms with Crippen LogP contribution in [0, 0.1) is 0 Å². The fourth-order valence-corrected chi connectivity index (χ4v) is 4.15. The molecule has 2 aromatic heterocycles. The number of fused-ring (bicyclic) bond motifs is 3. The van der Waals surface area contributed by atoms with Crippen LogP contribution in [0.25, 0.3) is 5.65 Å². The number of aromatic nitrogens is 4. The van der Waals surface area contributed by atoms with Crippen LogP contribution in [-0.4, -0.2) is 55.8 Å². The lowest BCUT2D eigenvalue weighted by Gasteiger charge is -2.57. The lowest BCUT2D eigenvalue weighted by atomic mass is 9.85. The van der Waals surface area contributed by atoms with Gasteiger partial charge in [0.25, 0.3) is 0 Å². The molecule has 2 bridgehead atoms. The molecule has 3 saturated heterocycles. The maximum absolute atomic E-state index is 13.0. The third-order valence-corrected chi connectivity index (χ3v) is 5.59. The zero-order chi connectivity index (χ0) is 17.7. The van der Waals surface area contributed by atoms with Crippen LogP contribution in [0.4, 0.5) is 5.82 Å². The number of carbonyl (C=O) groups excluding carboxylic acids is 1. The van der Waals surface area contributed by atoms with E-state index in [9.17, 15) is 4.79 Å². The number of amides is 1. The molecule has 7 heteroatoms. The fraction of sp³-hybridized carbons (Fsp3) is 0.368. The molecule has 7 nitrogen and oxygen atoms in total. The van der Waals surface area contributed by atoms with Gasteiger partial charge in [0.1, 0.15) is 12.1 Å². The minimum Gasteiger partial charge on any atom is -0.351 e. The SMILES string of the molecule is CC(C(=O)N1C2CC1CN(c1ccc3nncn3n1)C2)c1ccccc1. The number of benzene rings is 1. The van der Waals surface area contributed by atoms with Gasteiger partial charge in [0.05, 0.1) is 18.0 Å². The Hall–Kier alpha value is -2.96. The van der Waals surface area contributed by atoms with Crippen molar-refractivity contribution < 1.29 is 4.79 Å². The average Bonchev–Trinajstić information content (AvgIpc) is 3.16. The van der Waals surface area contributed by atoms with Crippen LogP contribution in [0.3, 0.4) is 0 Å². The highest BCUT2D eigenvalue weighted by molar-refractivity contribution is 5.85. The largest absolute Gasteiger partial charge is 0.351 e. The molecule has 6 rings (SSSR count). The summed E-state index contributed by atoms with van der Waals surface area (Å²) in [7, 11) is 0. The van der Waals surface area contributed by atoms with Crippen molar-refractivity contribution in [2.75, 3.05) is 18.0 Å². The Kier molecular flexibility index (Phi) is 3.41. The van der Waals surface area contributed by atoms with Crippen LogP contribution in [0.2, 0.25) is 0 Å². The second kappa shape index (κ2) is 5.79. The Labute approximate surface area is 151 Å². The van der Waals surface area contributed by atoms with Crippen molar-refractivity contribution in [2.45, 2.75) is 31.3 Å². The Bertz CT molecular complexity index is 943. The van der Waals surface area contributed by atoms with Crippen LogP contribution in [0.1, 0.15) is 24.8 Å². The summed E-state index contributed by atoms with van der Waals surface area (Å²) < 4.78 is 1.69. The topological polar surface area (TPSA) is 66.6 Å². The number of piperazine rings is 1. The second-order valence-electron chi connectivity index (χ2n) is 7.15. The highest BCUT2D eigenvalue weighted by Gasteiger charge is 2.48. The number of rotatable bonds is 3. The molecule has 0 radical (unpaired) electrons. The van der Waals surface area contributed by atoms with Gasteiger partial charge in [-0.15, -0.1) is 15.3 Å². The molecule has 3 aliphatic heterocycles. The van der Waals surface area contributed by atoms with E-state index in [-0.39, 0.29) is 23.9 Å². The minimum atomic E-state index is -0.0976. The van der Waals surface area contributed by atoms with Crippen molar-refractivity contribution in [3.05, 3.63) is 54.4 Å². The Morgan fingerprint density at radius 3 is 2.65 bits per heavy atom. The van der Waals surface area contributed by atoms with Crippen molar-refractivity contribution in [2.24, 2.45) is 0 Å². The zero-order valence-electron chi connectivity index (χ0n) is 14.6. The molecule has 3 unspecified atom stereocenters. The van der Waals surface area contributed by atoms with Gasteiger partial charge in [0.2, 0.25) is 5.91 Å². The molecule has 3 aromatic rings. The zero-order valence-corrected chi connectivity index (χ0v) is 14.6. The van der Waals surface area contributed by atoms with E-state index in [1.807, 2.05) is 49.4 Å². The van der Waals surface area contributed by atoms with E-state index >= 15 is 0 Å². The minimum absolute atomic E-state index is 0.0976. The predicted octanol–water partition coefficient (Wildman–Crippen LogP) is 1.72. The van der Waals surface area contributed by atoms with Crippen LogP contribution < -0.4 is 4.90 Å². The number of hydrogen-bond acceptors (Lipinski definition) is 5. The molecular formula is C19H20N6O. The quantitative estimate of drug-likeness (QED) is 0.721. The van der Waals surface area contributed by atoms with E-state index in [0.29, 0.717) is 0 Å². The van der Waals surface area contributed by atoms with Gasteiger partial charge in [0, 0.05) is 13.1 Å². The highest BCUT2D eigenvalue weighted by atomic mass is 16.2. The monoisotopic (exact) mass is 348 g/mol. The smallest absolute Gasteiger partial charge is 0.230 e. The van der Waals surface area contributed by atoms with Crippen molar-refractivity contribution in [1.29, 1.82) is 0 Å². The average molecular weight is 348 g/mol. The molecule has 3 aliphatic rings. The summed E-state index contributed by atoms with van der Waals surface area (Å²) in [4.78, 5) is 17.3. The standard InChI is InChI=1S/C19H20N6O/c1-13(14-5-3-2-4-6-14)19(26)25-15-9-16(25)11-23(10-15)18-8-7-17-21-20-12-24(17)22-18/h2-8,12-13,15-16H,9-11H2,1H3. The summed E-state index contributed by atoms with van der Waals surface area (Å²) in [6.45, 7) is 3.65. The molecular weight excluding hydrogens is 328 g/mol. The Balaban J connectivity index is 1.32. The normalized spacial score (nSPS) is 23.0. The summed E-state index contributed by atoms with van der Waals surface area (Å²) in [5, 5.41) is 12.4. The number of hydrogen-bond donors (Lipinski definition) is 0. The summed E-state index contributed by atoms with van der Waals surface area (Å²) in [5.74, 6) is 1.05. The van der Waals surface area contributed by atoms with Gasteiger partial charge >= 0.3 is 0 Å². The van der Waals surface area contributed by atoms with Gasteiger partial charge in [-0.3, -0.25) is 4.79 Å². The maximum Gasteiger partial charge on any atom is 0.230 e. The first-order valence-corrected chi connectivity index (χ1v) is 9.00. The molecule has 26 heavy (non-hydrogen) atoms. The summed E-state index contributed by atoms with van der Waals surface area (Å²) in [5.41, 5.74) is 1.82. The van der Waals surface area contributed by atoms with E-state index in [4.69, 9.17) is 0 Å². The molecule has 132 valence electrons. The van der Waals surface area contributed by atoms with Gasteiger partial charge in [-0.2, -0.15) is 4.52 Å². The van der Waals surface area contributed by atoms with Gasteiger partial charge in [0.15, 0.2) is 5.65 Å². The van der Waals surface area contributed by atoms with E-state index in [0.717, 1.165) is 36.5 Å². The van der Waals surface area contributed by atoms with Crippen molar-refractivity contribution in [3.8, 4) is 0 Å². The first-order chi connectivity index (χ1) is 12.7. The third-order valence-electron chi connectivity index (χ3n) is 5.59. The number of carbonyl (C=O) groups is 1. The van der Waals surface area contributed by atoms with E-state index in [1.165, 1.54) is 0 Å². The number of piperidine rings is 1. The number of anilines is 1. The molecule has 1 amide bonds. The molecule has 3 fully saturated rings. The Morgan fingerprint density at radius 1 is 1.12 bits per heavy atom. The molecule has 0 spiro atoms. The second-order valence-corrected chi connectivity index (χ2v) is 7.15. The Morgan fingerprint density at radius 2 is 1.88 bits per heavy atom. The highest BCUT2D eigenvalue weighted by Crippen LogP contribution is 2.36. The van der Waals surface area contributed by atoms with Crippen molar-refractivity contribution >= 4 is 17.4 Å². The van der Waals surface area contributed by atoms with Gasteiger partial charge < -0.3 is 9.80 Å². The van der Waals surface area contributed by atoms with Gasteiger partial charge in [-0.05, 0) is 31.0 Å². The first-order valence-electron chi connectivity index (χ1n) is 9.00. The maximum atomic E-state index is 13.0. The van der Waals surface area contributed by atoms with Crippen LogP contribution in [0.5, 0.6) is 0 Å². The number of nitrogens with zero attached hydrogens (tertiary/aromatic N) is 6. The van der Waals surface area contributed by atoms with Crippen LogP contribution in [-0.2, 0) is 4.79 Å². The van der Waals surface area contributed by atoms with Gasteiger partial charge in [-0.25, -0.2) is 0 Å². The fourth-order valence-electron chi connectivity index (χ4n) is 4.15. The van der Waals surface area contributed by atoms with E-state index in [1.54, 1.807) is 10.8 Å². The lowest BCUT2D eigenvalue weighted by Crippen LogP contribution is -2.70.